The second-order valence-corrected chi connectivity index (χ2v) is 13.0. The molecular weight excluding hydrogens is 490 g/mol. The predicted molar refractivity (Wildman–Crippen MR) is 135 cm³/mol. The molecule has 2 fully saturated rings. The highest BCUT2D eigenvalue weighted by molar-refractivity contribution is 7.93. The Hall–Kier alpha value is -2.10. The Morgan fingerprint density at radius 2 is 1.83 bits per heavy atom. The van der Waals surface area contributed by atoms with Crippen LogP contribution in [0, 0.1) is 5.92 Å². The Labute approximate surface area is 212 Å². The molecule has 0 atom stereocenters. The number of fused-ring (bicyclic) bond motifs is 1. The van der Waals surface area contributed by atoms with Crippen molar-refractivity contribution in [1.82, 2.24) is 14.1 Å². The van der Waals surface area contributed by atoms with Crippen molar-refractivity contribution in [2.24, 2.45) is 5.92 Å². The minimum Gasteiger partial charge on any atom is -0.444 e. The van der Waals surface area contributed by atoms with Gasteiger partial charge in [-0.05, 0) is 81.7 Å². The number of benzene rings is 1. The van der Waals surface area contributed by atoms with Crippen molar-refractivity contribution in [2.45, 2.75) is 52.1 Å². The summed E-state index contributed by atoms with van der Waals surface area (Å²) in [6, 6.07) is 5.47. The van der Waals surface area contributed by atoms with E-state index in [4.69, 9.17) is 16.3 Å². The second kappa shape index (κ2) is 10.1. The van der Waals surface area contributed by atoms with Gasteiger partial charge in [0.15, 0.2) is 0 Å². The topological polar surface area (TPSA) is 87.2 Å². The van der Waals surface area contributed by atoms with E-state index in [1.807, 2.05) is 32.9 Å². The van der Waals surface area contributed by atoms with E-state index >= 15 is 0 Å². The van der Waals surface area contributed by atoms with E-state index < -0.39 is 15.6 Å². The van der Waals surface area contributed by atoms with Gasteiger partial charge in [0, 0.05) is 37.7 Å². The van der Waals surface area contributed by atoms with Crippen molar-refractivity contribution in [2.75, 3.05) is 39.3 Å². The molecule has 1 aromatic rings. The molecule has 0 N–H and O–H groups in total. The smallest absolute Gasteiger partial charge is 0.410 e. The Morgan fingerprint density at radius 1 is 1.11 bits per heavy atom. The summed E-state index contributed by atoms with van der Waals surface area (Å²) in [5, 5.41) is 0.640. The van der Waals surface area contributed by atoms with Gasteiger partial charge < -0.3 is 14.5 Å². The number of ether oxygens (including phenoxy) is 1. The highest BCUT2D eigenvalue weighted by Crippen LogP contribution is 2.31. The summed E-state index contributed by atoms with van der Waals surface area (Å²) in [5.74, 6) is 0.114. The van der Waals surface area contributed by atoms with Crippen LogP contribution < -0.4 is 0 Å². The quantitative estimate of drug-likeness (QED) is 0.600. The molecule has 0 spiro atoms. The Bertz CT molecular complexity index is 1120. The summed E-state index contributed by atoms with van der Waals surface area (Å²) < 4.78 is 33.3. The van der Waals surface area contributed by atoms with Gasteiger partial charge in [-0.15, -0.1) is 0 Å². The first-order chi connectivity index (χ1) is 16.4. The Morgan fingerprint density at radius 3 is 2.49 bits per heavy atom. The van der Waals surface area contributed by atoms with Crippen molar-refractivity contribution >= 4 is 39.7 Å². The number of halogens is 1. The average Bonchev–Trinajstić information content (AvgIpc) is 2.79. The third-order valence-corrected chi connectivity index (χ3v) is 8.97. The van der Waals surface area contributed by atoms with Gasteiger partial charge in [0.2, 0.25) is 15.9 Å². The number of rotatable bonds is 4. The summed E-state index contributed by atoms with van der Waals surface area (Å²) in [4.78, 5) is 29.0. The monoisotopic (exact) mass is 523 g/mol. The van der Waals surface area contributed by atoms with Gasteiger partial charge >= 0.3 is 6.09 Å². The number of aryl methyl sites for hydroxylation is 1. The number of piperazine rings is 1. The van der Waals surface area contributed by atoms with Gasteiger partial charge in [0.1, 0.15) is 5.60 Å². The minimum atomic E-state index is -3.70. The van der Waals surface area contributed by atoms with Crippen molar-refractivity contribution in [1.29, 1.82) is 0 Å². The molecule has 2 heterocycles. The third kappa shape index (κ3) is 6.19. The first-order valence-corrected chi connectivity index (χ1v) is 14.0. The molecule has 0 bridgehead atoms. The third-order valence-electron chi connectivity index (χ3n) is 6.76. The molecule has 2 aliphatic heterocycles. The summed E-state index contributed by atoms with van der Waals surface area (Å²) in [6.45, 7) is 7.87. The number of hydrogen-bond donors (Lipinski definition) is 0. The van der Waals surface area contributed by atoms with Crippen LogP contribution >= 0.6 is 11.6 Å². The van der Waals surface area contributed by atoms with Gasteiger partial charge in [-0.3, -0.25) is 4.79 Å². The van der Waals surface area contributed by atoms with Gasteiger partial charge in [-0.1, -0.05) is 17.7 Å². The van der Waals surface area contributed by atoms with Crippen molar-refractivity contribution in [3.8, 4) is 0 Å². The van der Waals surface area contributed by atoms with Crippen LogP contribution in [-0.2, 0) is 26.0 Å². The zero-order valence-corrected chi connectivity index (χ0v) is 22.2. The fourth-order valence-corrected chi connectivity index (χ4v) is 6.59. The molecule has 192 valence electrons. The number of amides is 2. The van der Waals surface area contributed by atoms with E-state index in [0.717, 1.165) is 24.0 Å². The van der Waals surface area contributed by atoms with Crippen LogP contribution in [0.4, 0.5) is 4.79 Å². The van der Waals surface area contributed by atoms with Crippen LogP contribution in [0.15, 0.2) is 23.1 Å². The minimum absolute atomic E-state index is 0.135. The normalized spacial score (nSPS) is 20.5. The first-order valence-electron chi connectivity index (χ1n) is 12.2. The summed E-state index contributed by atoms with van der Waals surface area (Å²) >= 11 is 6.06. The fourth-order valence-electron chi connectivity index (χ4n) is 4.83. The standard InChI is InChI=1S/C25H34ClN3O5S/c1-25(2,3)34-24(31)27-10-8-18(9-11-27)16-28-12-13-29(17-23(28)30)35(32,33)22-7-5-19-14-21(26)6-4-20(19)15-22/h4,6,14-15,18H,5,7-13,16-17H2,1-3H3. The van der Waals surface area contributed by atoms with E-state index in [1.165, 1.54) is 4.31 Å². The van der Waals surface area contributed by atoms with Crippen LogP contribution in [0.25, 0.3) is 6.08 Å². The maximum Gasteiger partial charge on any atom is 0.410 e. The van der Waals surface area contributed by atoms with Gasteiger partial charge in [-0.2, -0.15) is 4.31 Å². The molecule has 4 rings (SSSR count). The molecule has 8 nitrogen and oxygen atoms in total. The van der Waals surface area contributed by atoms with Gasteiger partial charge in [-0.25, -0.2) is 13.2 Å². The molecule has 35 heavy (non-hydrogen) atoms. The maximum atomic E-state index is 13.3. The predicted octanol–water partition coefficient (Wildman–Crippen LogP) is 3.75. The number of likely N-dealkylation sites (tertiary alicyclic amines) is 1. The lowest BCUT2D eigenvalue weighted by Crippen LogP contribution is -2.54. The highest BCUT2D eigenvalue weighted by Gasteiger charge is 2.36. The molecule has 0 aromatic heterocycles. The highest BCUT2D eigenvalue weighted by atomic mass is 35.5. The SMILES string of the molecule is CC(C)(C)OC(=O)N1CCC(CN2CCN(S(=O)(=O)C3=Cc4ccc(Cl)cc4CC3)CC2=O)CC1. The number of hydrogen-bond acceptors (Lipinski definition) is 5. The van der Waals surface area contributed by atoms with E-state index in [-0.39, 0.29) is 31.0 Å². The molecule has 1 aliphatic carbocycles. The lowest BCUT2D eigenvalue weighted by Gasteiger charge is -2.38. The molecule has 2 saturated heterocycles. The molecule has 10 heteroatoms. The number of allylic oxidation sites excluding steroid dienone is 1. The summed E-state index contributed by atoms with van der Waals surface area (Å²) in [7, 11) is -3.70. The van der Waals surface area contributed by atoms with E-state index in [1.54, 1.807) is 21.9 Å². The largest absolute Gasteiger partial charge is 0.444 e. The molecule has 0 unspecified atom stereocenters. The Balaban J connectivity index is 1.31. The number of nitrogens with zero attached hydrogens (tertiary/aromatic N) is 3. The molecule has 3 aliphatic rings. The lowest BCUT2D eigenvalue weighted by molar-refractivity contribution is -0.135. The Kier molecular flexibility index (Phi) is 7.50. The lowest BCUT2D eigenvalue weighted by atomic mass is 9.96. The number of piperidine rings is 1. The van der Waals surface area contributed by atoms with Gasteiger partial charge in [0.25, 0.3) is 0 Å². The summed E-state index contributed by atoms with van der Waals surface area (Å²) in [5.41, 5.74) is 1.38. The fraction of sp³-hybridized carbons (Fsp3) is 0.600. The van der Waals surface area contributed by atoms with Crippen molar-refractivity contribution in [3.63, 3.8) is 0 Å². The molecule has 0 saturated carbocycles. The van der Waals surface area contributed by atoms with Crippen LogP contribution in [0.2, 0.25) is 5.02 Å². The average molecular weight is 524 g/mol. The number of sulfonamides is 1. The molecule has 1 aromatic carbocycles. The second-order valence-electron chi connectivity index (χ2n) is 10.5. The van der Waals surface area contributed by atoms with Crippen LogP contribution in [0.3, 0.4) is 0 Å². The van der Waals surface area contributed by atoms with E-state index in [9.17, 15) is 18.0 Å². The first kappa shape index (κ1) is 26.0. The zero-order valence-electron chi connectivity index (χ0n) is 20.6. The van der Waals surface area contributed by atoms with Crippen LogP contribution in [-0.4, -0.2) is 79.4 Å². The van der Waals surface area contributed by atoms with E-state index in [0.29, 0.717) is 48.9 Å². The van der Waals surface area contributed by atoms with Crippen LogP contribution in [0.1, 0.15) is 51.2 Å². The van der Waals surface area contributed by atoms with Crippen LogP contribution in [0.5, 0.6) is 0 Å². The number of carbonyl (C=O) groups is 2. The zero-order chi connectivity index (χ0) is 25.4. The number of carbonyl (C=O) groups excluding carboxylic acids is 2. The van der Waals surface area contributed by atoms with Gasteiger partial charge in [0.05, 0.1) is 11.4 Å². The summed E-state index contributed by atoms with van der Waals surface area (Å²) in [6.07, 6.45) is 4.01. The maximum absolute atomic E-state index is 13.3. The van der Waals surface area contributed by atoms with Crippen molar-refractivity contribution < 1.29 is 22.7 Å². The molecule has 0 radical (unpaired) electrons. The van der Waals surface area contributed by atoms with E-state index in [2.05, 4.69) is 0 Å². The van der Waals surface area contributed by atoms with Crippen molar-refractivity contribution in [3.05, 3.63) is 39.3 Å². The molecular formula is C25H34ClN3O5S. The molecule has 2 amide bonds.